The molecule has 0 aliphatic carbocycles. The minimum atomic E-state index is 0.0981. The maximum atomic E-state index is 11.9. The summed E-state index contributed by atoms with van der Waals surface area (Å²) in [5.74, 6) is 1.71. The Bertz CT molecular complexity index is 398. The van der Waals surface area contributed by atoms with Crippen molar-refractivity contribution in [1.82, 2.24) is 4.90 Å². The fourth-order valence-corrected chi connectivity index (χ4v) is 2.09. The average molecular weight is 233 g/mol. The number of carbonyl (C=O) groups excluding carboxylic acids is 1. The first kappa shape index (κ1) is 12.0. The number of amides is 1. The highest BCUT2D eigenvalue weighted by Crippen LogP contribution is 2.11. The summed E-state index contributed by atoms with van der Waals surface area (Å²) in [6.45, 7) is 3.68. The zero-order valence-electron chi connectivity index (χ0n) is 10.3. The van der Waals surface area contributed by atoms with Crippen molar-refractivity contribution in [1.29, 1.82) is 0 Å². The van der Waals surface area contributed by atoms with Gasteiger partial charge in [0.25, 0.3) is 0 Å². The van der Waals surface area contributed by atoms with E-state index in [2.05, 4.69) is 0 Å². The van der Waals surface area contributed by atoms with Gasteiger partial charge in [0.2, 0.25) is 5.91 Å². The summed E-state index contributed by atoms with van der Waals surface area (Å²) in [6.07, 6.45) is 8.10. The Morgan fingerprint density at radius 3 is 2.53 bits per heavy atom. The molecule has 3 nitrogen and oxygen atoms in total. The van der Waals surface area contributed by atoms with Crippen molar-refractivity contribution in [2.24, 2.45) is 0 Å². The summed E-state index contributed by atoms with van der Waals surface area (Å²) < 4.78 is 5.39. The molecule has 1 aromatic heterocycles. The molecule has 0 bridgehead atoms. The highest BCUT2D eigenvalue weighted by Gasteiger charge is 2.12. The zero-order valence-corrected chi connectivity index (χ0v) is 10.3. The smallest absolute Gasteiger partial charge is 0.246 e. The summed E-state index contributed by atoms with van der Waals surface area (Å²) in [5.41, 5.74) is 0. The van der Waals surface area contributed by atoms with Gasteiger partial charge in [-0.05, 0) is 38.0 Å². The largest absolute Gasteiger partial charge is 0.462 e. The first-order valence-corrected chi connectivity index (χ1v) is 6.29. The predicted octanol–water partition coefficient (Wildman–Crippen LogP) is 3.00. The van der Waals surface area contributed by atoms with E-state index in [9.17, 15) is 4.79 Å². The summed E-state index contributed by atoms with van der Waals surface area (Å²) in [5, 5.41) is 0. The van der Waals surface area contributed by atoms with Crippen LogP contribution in [0.25, 0.3) is 6.08 Å². The Kier molecular flexibility index (Phi) is 4.02. The molecule has 2 heterocycles. The number of hydrogen-bond donors (Lipinski definition) is 0. The summed E-state index contributed by atoms with van der Waals surface area (Å²) in [7, 11) is 0. The molecule has 1 aromatic rings. The lowest BCUT2D eigenvalue weighted by molar-refractivity contribution is -0.125. The lowest BCUT2D eigenvalue weighted by atomic mass is 10.2. The molecule has 1 saturated heterocycles. The van der Waals surface area contributed by atoms with Gasteiger partial charge in [-0.15, -0.1) is 0 Å². The van der Waals surface area contributed by atoms with Crippen LogP contribution in [0.15, 0.2) is 22.6 Å². The van der Waals surface area contributed by atoms with E-state index < -0.39 is 0 Å². The summed E-state index contributed by atoms with van der Waals surface area (Å²) >= 11 is 0. The van der Waals surface area contributed by atoms with E-state index in [4.69, 9.17) is 4.42 Å². The molecule has 0 radical (unpaired) electrons. The number of carbonyl (C=O) groups is 1. The van der Waals surface area contributed by atoms with Crippen molar-refractivity contribution in [3.05, 3.63) is 29.7 Å². The Morgan fingerprint density at radius 2 is 1.94 bits per heavy atom. The molecule has 0 saturated carbocycles. The number of aryl methyl sites for hydroxylation is 1. The molecule has 0 unspecified atom stereocenters. The molecule has 0 aromatic carbocycles. The van der Waals surface area contributed by atoms with E-state index in [1.807, 2.05) is 24.0 Å². The SMILES string of the molecule is Cc1ccc(/C=C\C(=O)N2CCCCCC2)o1. The third-order valence-electron chi connectivity index (χ3n) is 3.07. The standard InChI is InChI=1S/C14H19NO2/c1-12-6-7-13(17-12)8-9-14(16)15-10-4-2-3-5-11-15/h6-9H,2-5,10-11H2,1H3/b9-8-. The summed E-state index contributed by atoms with van der Waals surface area (Å²) in [4.78, 5) is 13.9. The van der Waals surface area contributed by atoms with Crippen molar-refractivity contribution in [3.63, 3.8) is 0 Å². The van der Waals surface area contributed by atoms with Crippen molar-refractivity contribution >= 4 is 12.0 Å². The van der Waals surface area contributed by atoms with E-state index in [1.165, 1.54) is 12.8 Å². The van der Waals surface area contributed by atoms with Crippen LogP contribution < -0.4 is 0 Å². The Labute approximate surface area is 102 Å². The molecule has 1 aliphatic heterocycles. The molecule has 1 amide bonds. The Hall–Kier alpha value is -1.51. The topological polar surface area (TPSA) is 33.5 Å². The monoisotopic (exact) mass is 233 g/mol. The van der Waals surface area contributed by atoms with Gasteiger partial charge in [0, 0.05) is 19.2 Å². The maximum absolute atomic E-state index is 11.9. The van der Waals surface area contributed by atoms with Gasteiger partial charge in [-0.3, -0.25) is 4.79 Å². The third kappa shape index (κ3) is 3.48. The third-order valence-corrected chi connectivity index (χ3v) is 3.07. The molecular weight excluding hydrogens is 214 g/mol. The van der Waals surface area contributed by atoms with E-state index >= 15 is 0 Å². The van der Waals surface area contributed by atoms with Crippen molar-refractivity contribution in [2.45, 2.75) is 32.6 Å². The van der Waals surface area contributed by atoms with Crippen LogP contribution in [-0.4, -0.2) is 23.9 Å². The van der Waals surface area contributed by atoms with Crippen LogP contribution in [-0.2, 0) is 4.79 Å². The lowest BCUT2D eigenvalue weighted by Crippen LogP contribution is -2.30. The summed E-state index contributed by atoms with van der Waals surface area (Å²) in [6, 6.07) is 3.78. The molecular formula is C14H19NO2. The minimum Gasteiger partial charge on any atom is -0.462 e. The van der Waals surface area contributed by atoms with Crippen LogP contribution in [0.2, 0.25) is 0 Å². The highest BCUT2D eigenvalue weighted by molar-refractivity contribution is 5.91. The van der Waals surface area contributed by atoms with Crippen molar-refractivity contribution in [3.8, 4) is 0 Å². The molecule has 3 heteroatoms. The first-order chi connectivity index (χ1) is 8.25. The minimum absolute atomic E-state index is 0.0981. The molecule has 92 valence electrons. The van der Waals surface area contributed by atoms with E-state index in [0.29, 0.717) is 0 Å². The second-order valence-corrected chi connectivity index (χ2v) is 4.52. The molecule has 1 aliphatic rings. The fourth-order valence-electron chi connectivity index (χ4n) is 2.09. The number of rotatable bonds is 2. The molecule has 0 atom stereocenters. The quantitative estimate of drug-likeness (QED) is 0.736. The Balaban J connectivity index is 1.93. The molecule has 0 spiro atoms. The molecule has 0 N–H and O–H groups in total. The predicted molar refractivity (Wildman–Crippen MR) is 67.5 cm³/mol. The second-order valence-electron chi connectivity index (χ2n) is 4.52. The lowest BCUT2D eigenvalue weighted by Gasteiger charge is -2.17. The van der Waals surface area contributed by atoms with Crippen molar-refractivity contribution in [2.75, 3.05) is 13.1 Å². The van der Waals surface area contributed by atoms with E-state index in [0.717, 1.165) is 37.5 Å². The van der Waals surface area contributed by atoms with E-state index in [1.54, 1.807) is 12.2 Å². The van der Waals surface area contributed by atoms with Gasteiger partial charge in [-0.2, -0.15) is 0 Å². The van der Waals surface area contributed by atoms with Gasteiger partial charge in [0.1, 0.15) is 11.5 Å². The Morgan fingerprint density at radius 1 is 1.24 bits per heavy atom. The second kappa shape index (κ2) is 5.71. The normalized spacial score (nSPS) is 17.4. The molecule has 1 fully saturated rings. The van der Waals surface area contributed by atoms with Crippen molar-refractivity contribution < 1.29 is 9.21 Å². The van der Waals surface area contributed by atoms with Crippen LogP contribution in [0.5, 0.6) is 0 Å². The van der Waals surface area contributed by atoms with Crippen LogP contribution in [0, 0.1) is 6.92 Å². The van der Waals surface area contributed by atoms with Gasteiger partial charge >= 0.3 is 0 Å². The number of furan rings is 1. The molecule has 17 heavy (non-hydrogen) atoms. The van der Waals surface area contributed by atoms with Gasteiger partial charge < -0.3 is 9.32 Å². The van der Waals surface area contributed by atoms with Gasteiger partial charge in [-0.1, -0.05) is 12.8 Å². The first-order valence-electron chi connectivity index (χ1n) is 6.29. The number of hydrogen-bond acceptors (Lipinski definition) is 2. The highest BCUT2D eigenvalue weighted by atomic mass is 16.3. The fraction of sp³-hybridized carbons (Fsp3) is 0.500. The van der Waals surface area contributed by atoms with Gasteiger partial charge in [0.15, 0.2) is 0 Å². The van der Waals surface area contributed by atoms with Gasteiger partial charge in [-0.25, -0.2) is 0 Å². The van der Waals surface area contributed by atoms with E-state index in [-0.39, 0.29) is 5.91 Å². The van der Waals surface area contributed by atoms with Crippen LogP contribution in [0.3, 0.4) is 0 Å². The van der Waals surface area contributed by atoms with Crippen LogP contribution in [0.1, 0.15) is 37.2 Å². The number of likely N-dealkylation sites (tertiary alicyclic amines) is 1. The molecule has 2 rings (SSSR count). The van der Waals surface area contributed by atoms with Gasteiger partial charge in [0.05, 0.1) is 0 Å². The van der Waals surface area contributed by atoms with Crippen LogP contribution >= 0.6 is 0 Å². The maximum Gasteiger partial charge on any atom is 0.246 e. The van der Waals surface area contributed by atoms with Crippen LogP contribution in [0.4, 0.5) is 0 Å². The number of nitrogens with zero attached hydrogens (tertiary/aromatic N) is 1. The zero-order chi connectivity index (χ0) is 12.1. The average Bonchev–Trinajstić information content (AvgIpc) is 2.58.